The molecule has 0 radical (unpaired) electrons. The van der Waals surface area contributed by atoms with E-state index in [9.17, 15) is 14.7 Å². The Bertz CT molecular complexity index is 579. The first-order valence-corrected chi connectivity index (χ1v) is 8.35. The zero-order valence-electron chi connectivity index (χ0n) is 13.7. The topological polar surface area (TPSA) is 83.0 Å². The molecule has 1 unspecified atom stereocenters. The molecular weight excluding hydrogens is 310 g/mol. The molecular formula is C17H23N3O4. The number of ether oxygens (including phenoxy) is 1. The van der Waals surface area contributed by atoms with Gasteiger partial charge in [-0.25, -0.2) is 0 Å². The van der Waals surface area contributed by atoms with Gasteiger partial charge in [0.1, 0.15) is 5.54 Å². The van der Waals surface area contributed by atoms with E-state index in [0.29, 0.717) is 52.0 Å². The number of aromatic nitrogens is 1. The lowest BCUT2D eigenvalue weighted by molar-refractivity contribution is -0.154. The number of pyridine rings is 1. The fraction of sp³-hybridized carbons (Fsp3) is 0.588. The molecule has 0 bridgehead atoms. The van der Waals surface area contributed by atoms with Gasteiger partial charge < -0.3 is 14.7 Å². The number of hydrogen-bond donors (Lipinski definition) is 1. The minimum absolute atomic E-state index is 0.124. The molecule has 2 aliphatic rings. The van der Waals surface area contributed by atoms with Crippen LogP contribution in [0.5, 0.6) is 0 Å². The Labute approximate surface area is 141 Å². The van der Waals surface area contributed by atoms with Crippen LogP contribution in [0.1, 0.15) is 18.4 Å². The van der Waals surface area contributed by atoms with Gasteiger partial charge in [0.25, 0.3) is 0 Å². The van der Waals surface area contributed by atoms with Gasteiger partial charge in [0.05, 0.1) is 6.61 Å². The lowest BCUT2D eigenvalue weighted by atomic mass is 9.95. The van der Waals surface area contributed by atoms with E-state index >= 15 is 0 Å². The molecule has 7 heteroatoms. The predicted molar refractivity (Wildman–Crippen MR) is 86.5 cm³/mol. The maximum absolute atomic E-state index is 12.4. The molecule has 0 aromatic carbocycles. The molecule has 130 valence electrons. The first-order chi connectivity index (χ1) is 11.6. The first kappa shape index (κ1) is 16.9. The molecule has 2 aliphatic heterocycles. The SMILES string of the molecule is O=C(CCc1ccncc1)N1CCN(C2(C(=O)O)CCOC2)CC1. The largest absolute Gasteiger partial charge is 0.480 e. The summed E-state index contributed by atoms with van der Waals surface area (Å²) < 4.78 is 5.33. The van der Waals surface area contributed by atoms with E-state index in [0.717, 1.165) is 5.56 Å². The van der Waals surface area contributed by atoms with Crippen LogP contribution in [0.15, 0.2) is 24.5 Å². The summed E-state index contributed by atoms with van der Waals surface area (Å²) >= 11 is 0. The molecule has 0 aliphatic carbocycles. The fourth-order valence-electron chi connectivity index (χ4n) is 3.45. The van der Waals surface area contributed by atoms with Gasteiger partial charge in [-0.3, -0.25) is 19.5 Å². The van der Waals surface area contributed by atoms with Crippen molar-refractivity contribution in [1.29, 1.82) is 0 Å². The van der Waals surface area contributed by atoms with Gasteiger partial charge in [-0.05, 0) is 24.1 Å². The average molecular weight is 333 g/mol. The second-order valence-corrected chi connectivity index (χ2v) is 6.36. The second kappa shape index (κ2) is 7.27. The average Bonchev–Trinajstić information content (AvgIpc) is 3.12. The number of nitrogens with zero attached hydrogens (tertiary/aromatic N) is 3. The Balaban J connectivity index is 1.51. The highest BCUT2D eigenvalue weighted by molar-refractivity contribution is 5.80. The molecule has 0 spiro atoms. The Hall–Kier alpha value is -1.99. The summed E-state index contributed by atoms with van der Waals surface area (Å²) in [5.74, 6) is -0.698. The van der Waals surface area contributed by atoms with Gasteiger partial charge in [-0.2, -0.15) is 0 Å². The fourth-order valence-corrected chi connectivity index (χ4v) is 3.45. The normalized spacial score (nSPS) is 24.9. The van der Waals surface area contributed by atoms with Crippen molar-refractivity contribution in [3.05, 3.63) is 30.1 Å². The number of amides is 1. The summed E-state index contributed by atoms with van der Waals surface area (Å²) in [4.78, 5) is 31.8. The van der Waals surface area contributed by atoms with E-state index in [1.54, 1.807) is 12.4 Å². The summed E-state index contributed by atoms with van der Waals surface area (Å²) in [7, 11) is 0. The number of carbonyl (C=O) groups is 2. The third kappa shape index (κ3) is 3.42. The van der Waals surface area contributed by atoms with Crippen molar-refractivity contribution in [2.24, 2.45) is 0 Å². The number of rotatable bonds is 5. The predicted octanol–water partition coefficient (Wildman–Crippen LogP) is 0.402. The first-order valence-electron chi connectivity index (χ1n) is 8.35. The second-order valence-electron chi connectivity index (χ2n) is 6.36. The van der Waals surface area contributed by atoms with Crippen LogP contribution >= 0.6 is 0 Å². The molecule has 1 amide bonds. The van der Waals surface area contributed by atoms with Gasteiger partial charge in [-0.15, -0.1) is 0 Å². The molecule has 1 aromatic heterocycles. The monoisotopic (exact) mass is 333 g/mol. The van der Waals surface area contributed by atoms with Gasteiger partial charge in [0.15, 0.2) is 0 Å². The number of carboxylic acids is 1. The zero-order chi connectivity index (χ0) is 17.0. The molecule has 3 heterocycles. The molecule has 0 saturated carbocycles. The van der Waals surface area contributed by atoms with Crippen LogP contribution in [0.3, 0.4) is 0 Å². The van der Waals surface area contributed by atoms with Crippen LogP contribution in [0.25, 0.3) is 0 Å². The minimum atomic E-state index is -0.911. The molecule has 1 atom stereocenters. The third-order valence-corrected chi connectivity index (χ3v) is 5.01. The van der Waals surface area contributed by atoms with Crippen LogP contribution in [0, 0.1) is 0 Å². The van der Waals surface area contributed by atoms with Crippen molar-refractivity contribution < 1.29 is 19.4 Å². The van der Waals surface area contributed by atoms with Crippen molar-refractivity contribution in [3.63, 3.8) is 0 Å². The van der Waals surface area contributed by atoms with Gasteiger partial charge in [-0.1, -0.05) is 0 Å². The summed E-state index contributed by atoms with van der Waals surface area (Å²) in [5.41, 5.74) is 0.191. The highest BCUT2D eigenvalue weighted by Gasteiger charge is 2.48. The molecule has 2 fully saturated rings. The number of carbonyl (C=O) groups excluding carboxylic acids is 1. The van der Waals surface area contributed by atoms with Gasteiger partial charge in [0.2, 0.25) is 5.91 Å². The summed E-state index contributed by atoms with van der Waals surface area (Å²) in [6.07, 6.45) is 5.14. The highest BCUT2D eigenvalue weighted by Crippen LogP contribution is 2.28. The van der Waals surface area contributed by atoms with Crippen LogP contribution in [-0.2, 0) is 20.7 Å². The number of hydrogen-bond acceptors (Lipinski definition) is 5. The maximum Gasteiger partial charge on any atom is 0.326 e. The number of carboxylic acid groups (broad SMARTS) is 1. The molecule has 24 heavy (non-hydrogen) atoms. The Morgan fingerprint density at radius 1 is 1.21 bits per heavy atom. The van der Waals surface area contributed by atoms with Crippen molar-refractivity contribution in [2.75, 3.05) is 39.4 Å². The smallest absolute Gasteiger partial charge is 0.326 e. The molecule has 1 N–H and O–H groups in total. The number of piperazine rings is 1. The molecule has 7 nitrogen and oxygen atoms in total. The number of aryl methyl sites for hydroxylation is 1. The van der Waals surface area contributed by atoms with Crippen LogP contribution in [-0.4, -0.2) is 76.7 Å². The standard InChI is InChI=1S/C17H23N3O4/c21-15(2-1-14-3-6-18-7-4-14)19-8-10-20(11-9-19)17(16(22)23)5-12-24-13-17/h3-4,6-7H,1-2,5,8-13H2,(H,22,23). The minimum Gasteiger partial charge on any atom is -0.480 e. The lowest BCUT2D eigenvalue weighted by Crippen LogP contribution is -2.61. The van der Waals surface area contributed by atoms with Crippen LogP contribution in [0.4, 0.5) is 0 Å². The van der Waals surface area contributed by atoms with Crippen LogP contribution < -0.4 is 0 Å². The van der Waals surface area contributed by atoms with E-state index in [1.807, 2.05) is 21.9 Å². The quantitative estimate of drug-likeness (QED) is 0.840. The van der Waals surface area contributed by atoms with Crippen LogP contribution in [0.2, 0.25) is 0 Å². The summed E-state index contributed by atoms with van der Waals surface area (Å²) in [6.45, 7) is 3.03. The Kier molecular flexibility index (Phi) is 5.11. The van der Waals surface area contributed by atoms with Gasteiger partial charge >= 0.3 is 5.97 Å². The van der Waals surface area contributed by atoms with Crippen molar-refractivity contribution in [1.82, 2.24) is 14.8 Å². The maximum atomic E-state index is 12.4. The zero-order valence-corrected chi connectivity index (χ0v) is 13.7. The summed E-state index contributed by atoms with van der Waals surface area (Å²) in [6, 6.07) is 3.84. The molecule has 1 aromatic rings. The van der Waals surface area contributed by atoms with E-state index in [1.165, 1.54) is 0 Å². The highest BCUT2D eigenvalue weighted by atomic mass is 16.5. The van der Waals surface area contributed by atoms with Crippen molar-refractivity contribution >= 4 is 11.9 Å². The van der Waals surface area contributed by atoms with Crippen molar-refractivity contribution in [2.45, 2.75) is 24.8 Å². The van der Waals surface area contributed by atoms with Gasteiger partial charge in [0, 0.05) is 58.0 Å². The Morgan fingerprint density at radius 2 is 1.92 bits per heavy atom. The van der Waals surface area contributed by atoms with E-state index in [2.05, 4.69) is 4.98 Å². The summed E-state index contributed by atoms with van der Waals surface area (Å²) in [5, 5.41) is 9.59. The third-order valence-electron chi connectivity index (χ3n) is 5.01. The van der Waals surface area contributed by atoms with E-state index in [4.69, 9.17) is 4.74 Å². The molecule has 3 rings (SSSR count). The number of aliphatic carboxylic acids is 1. The Morgan fingerprint density at radius 3 is 2.50 bits per heavy atom. The van der Waals surface area contributed by atoms with Crippen molar-refractivity contribution in [3.8, 4) is 0 Å². The lowest BCUT2D eigenvalue weighted by Gasteiger charge is -2.42. The van der Waals surface area contributed by atoms with E-state index < -0.39 is 11.5 Å². The molecule has 2 saturated heterocycles. The van der Waals surface area contributed by atoms with E-state index in [-0.39, 0.29) is 12.5 Å².